The van der Waals surface area contributed by atoms with Gasteiger partial charge in [-0.2, -0.15) is 5.11 Å². The molecule has 0 spiro atoms. The van der Waals surface area contributed by atoms with E-state index in [1.165, 1.54) is 17.0 Å². The monoisotopic (exact) mass is 490 g/mol. The second-order valence-electron chi connectivity index (χ2n) is 8.71. The van der Waals surface area contributed by atoms with Crippen molar-refractivity contribution in [3.8, 4) is 0 Å². The molecule has 184 valence electrons. The van der Waals surface area contributed by atoms with Crippen LogP contribution in [0.3, 0.4) is 0 Å². The molecule has 3 aromatic rings. The molecule has 2 aliphatic heterocycles. The van der Waals surface area contributed by atoms with Crippen LogP contribution >= 0.6 is 0 Å². The van der Waals surface area contributed by atoms with Crippen molar-refractivity contribution in [3.05, 3.63) is 82.2 Å². The van der Waals surface area contributed by atoms with Crippen LogP contribution < -0.4 is 0 Å². The summed E-state index contributed by atoms with van der Waals surface area (Å²) in [5, 5.41) is 15.9. The van der Waals surface area contributed by atoms with Gasteiger partial charge in [-0.25, -0.2) is 9.18 Å². The third-order valence-corrected chi connectivity index (χ3v) is 6.30. The van der Waals surface area contributed by atoms with Crippen molar-refractivity contribution in [2.24, 2.45) is 10.2 Å². The van der Waals surface area contributed by atoms with E-state index in [-0.39, 0.29) is 37.1 Å². The fourth-order valence-corrected chi connectivity index (χ4v) is 4.65. The Morgan fingerprint density at radius 3 is 2.78 bits per heavy atom. The lowest BCUT2D eigenvalue weighted by atomic mass is 9.93. The maximum absolute atomic E-state index is 14.8. The topological polar surface area (TPSA) is 119 Å². The lowest BCUT2D eigenvalue weighted by Crippen LogP contribution is -2.41. The summed E-state index contributed by atoms with van der Waals surface area (Å²) in [5.41, 5.74) is 1.85. The normalized spacial score (nSPS) is 18.5. The van der Waals surface area contributed by atoms with E-state index in [0.717, 1.165) is 5.56 Å². The average Bonchev–Trinajstić information content (AvgIpc) is 3.32. The van der Waals surface area contributed by atoms with Crippen molar-refractivity contribution in [1.29, 1.82) is 0 Å². The molecule has 36 heavy (non-hydrogen) atoms. The third-order valence-electron chi connectivity index (χ3n) is 6.30. The standard InChI is InChI=1S/C25H23FN6O4/c1-3-36-25(35)22-29-28-21-13-31(12-14(2)32(21)22)24(34)18-10-15(8-9-19(18)26)11-20-16-6-4-5-7-17(16)23(33)30-27-20/h4-10,14,20H,3,11-13H2,1-2H3. The first-order valence-corrected chi connectivity index (χ1v) is 11.6. The number of hydrogen-bond donors (Lipinski definition) is 0. The second-order valence-corrected chi connectivity index (χ2v) is 8.71. The Balaban J connectivity index is 1.38. The molecule has 3 heterocycles. The van der Waals surface area contributed by atoms with Crippen LogP contribution in [0.15, 0.2) is 52.7 Å². The summed E-state index contributed by atoms with van der Waals surface area (Å²) in [4.78, 5) is 39.1. The minimum Gasteiger partial charge on any atom is -0.460 e. The maximum Gasteiger partial charge on any atom is 0.376 e. The summed E-state index contributed by atoms with van der Waals surface area (Å²) in [5.74, 6) is -1.60. The Bertz CT molecular complexity index is 1400. The summed E-state index contributed by atoms with van der Waals surface area (Å²) in [6.07, 6.45) is 0.349. The van der Waals surface area contributed by atoms with Crippen LogP contribution in [0.2, 0.25) is 0 Å². The number of hydrogen-bond acceptors (Lipinski definition) is 7. The highest BCUT2D eigenvalue weighted by molar-refractivity contribution is 5.97. The highest BCUT2D eigenvalue weighted by Gasteiger charge is 2.33. The van der Waals surface area contributed by atoms with Crippen LogP contribution in [0.5, 0.6) is 0 Å². The highest BCUT2D eigenvalue weighted by atomic mass is 19.1. The molecule has 5 rings (SSSR count). The zero-order valence-electron chi connectivity index (χ0n) is 19.7. The van der Waals surface area contributed by atoms with Gasteiger partial charge in [0.2, 0.25) is 5.82 Å². The summed E-state index contributed by atoms with van der Waals surface area (Å²) in [7, 11) is 0. The minimum absolute atomic E-state index is 0.0737. The second kappa shape index (κ2) is 9.40. The Labute approximate surface area is 205 Å². The largest absolute Gasteiger partial charge is 0.460 e. The van der Waals surface area contributed by atoms with Crippen molar-refractivity contribution in [2.75, 3.05) is 13.2 Å². The molecule has 11 heteroatoms. The minimum atomic E-state index is -0.642. The van der Waals surface area contributed by atoms with Crippen molar-refractivity contribution in [2.45, 2.75) is 38.9 Å². The van der Waals surface area contributed by atoms with Crippen molar-refractivity contribution < 1.29 is 23.5 Å². The molecule has 2 atom stereocenters. The maximum atomic E-state index is 14.8. The van der Waals surface area contributed by atoms with Crippen molar-refractivity contribution in [1.82, 2.24) is 19.7 Å². The number of benzene rings is 2. The zero-order valence-corrected chi connectivity index (χ0v) is 19.7. The third kappa shape index (κ3) is 4.16. The SMILES string of the molecule is CCOC(=O)c1nnc2n1C(C)CN(C(=O)c1cc(CC3N=NC(=O)c4ccccc43)ccc1F)C2. The quantitative estimate of drug-likeness (QED) is 0.503. The predicted molar refractivity (Wildman–Crippen MR) is 124 cm³/mol. The smallest absolute Gasteiger partial charge is 0.376 e. The number of ether oxygens (including phenoxy) is 1. The molecule has 0 N–H and O–H groups in total. The van der Waals surface area contributed by atoms with Gasteiger partial charge in [0.15, 0.2) is 5.82 Å². The Morgan fingerprint density at radius 2 is 1.97 bits per heavy atom. The molecular formula is C25H23FN6O4. The fourth-order valence-electron chi connectivity index (χ4n) is 4.65. The van der Waals surface area contributed by atoms with E-state index in [1.54, 1.807) is 29.7 Å². The molecule has 0 bridgehead atoms. The first-order valence-electron chi connectivity index (χ1n) is 11.6. The Hall–Kier alpha value is -4.28. The Morgan fingerprint density at radius 1 is 1.17 bits per heavy atom. The molecule has 0 saturated heterocycles. The van der Waals surface area contributed by atoms with Crippen LogP contribution in [0.25, 0.3) is 0 Å². The van der Waals surface area contributed by atoms with E-state index in [1.807, 2.05) is 19.1 Å². The number of esters is 1. The predicted octanol–water partition coefficient (Wildman–Crippen LogP) is 3.70. The lowest BCUT2D eigenvalue weighted by Gasteiger charge is -2.32. The summed E-state index contributed by atoms with van der Waals surface area (Å²) in [6, 6.07) is 10.8. The van der Waals surface area contributed by atoms with E-state index < -0.39 is 29.6 Å². The highest BCUT2D eigenvalue weighted by Crippen LogP contribution is 2.31. The summed E-state index contributed by atoms with van der Waals surface area (Å²) < 4.78 is 21.5. The summed E-state index contributed by atoms with van der Waals surface area (Å²) >= 11 is 0. The molecule has 0 fully saturated rings. The lowest BCUT2D eigenvalue weighted by molar-refractivity contribution is 0.0496. The van der Waals surface area contributed by atoms with E-state index in [4.69, 9.17) is 4.74 Å². The number of fused-ring (bicyclic) bond motifs is 2. The molecule has 2 aromatic carbocycles. The van der Waals surface area contributed by atoms with Gasteiger partial charge in [-0.3, -0.25) is 14.2 Å². The van der Waals surface area contributed by atoms with Gasteiger partial charge in [-0.05, 0) is 43.2 Å². The van der Waals surface area contributed by atoms with E-state index in [2.05, 4.69) is 20.4 Å². The number of nitrogens with zero attached hydrogens (tertiary/aromatic N) is 6. The fraction of sp³-hybridized carbons (Fsp3) is 0.320. The van der Waals surface area contributed by atoms with Crippen LogP contribution in [0.4, 0.5) is 4.39 Å². The first kappa shape index (κ1) is 23.5. The van der Waals surface area contributed by atoms with Gasteiger partial charge in [0, 0.05) is 18.5 Å². The van der Waals surface area contributed by atoms with E-state index >= 15 is 0 Å². The number of azo groups is 1. The van der Waals surface area contributed by atoms with Gasteiger partial charge in [-0.1, -0.05) is 24.3 Å². The van der Waals surface area contributed by atoms with Crippen LogP contribution in [-0.4, -0.2) is 50.6 Å². The van der Waals surface area contributed by atoms with Gasteiger partial charge >= 0.3 is 5.97 Å². The van der Waals surface area contributed by atoms with Crippen LogP contribution in [-0.2, 0) is 17.7 Å². The van der Waals surface area contributed by atoms with Gasteiger partial charge in [-0.15, -0.1) is 15.3 Å². The molecule has 0 saturated carbocycles. The number of carbonyl (C=O) groups is 3. The van der Waals surface area contributed by atoms with Gasteiger partial charge < -0.3 is 9.64 Å². The average molecular weight is 490 g/mol. The van der Waals surface area contributed by atoms with Crippen molar-refractivity contribution >= 4 is 17.8 Å². The molecule has 2 aliphatic rings. The number of halogens is 1. The molecule has 0 aliphatic carbocycles. The first-order chi connectivity index (χ1) is 17.4. The Kier molecular flexibility index (Phi) is 6.13. The van der Waals surface area contributed by atoms with Crippen LogP contribution in [0.1, 0.15) is 74.2 Å². The number of aromatic nitrogens is 3. The van der Waals surface area contributed by atoms with Gasteiger partial charge in [0.25, 0.3) is 11.8 Å². The van der Waals surface area contributed by atoms with E-state index in [0.29, 0.717) is 23.4 Å². The number of amides is 2. The van der Waals surface area contributed by atoms with Gasteiger partial charge in [0.1, 0.15) is 11.9 Å². The number of rotatable bonds is 5. The molecule has 2 unspecified atom stereocenters. The molecule has 1 aromatic heterocycles. The number of carbonyl (C=O) groups excluding carboxylic acids is 3. The zero-order chi connectivity index (χ0) is 25.4. The molecule has 0 radical (unpaired) electrons. The van der Waals surface area contributed by atoms with E-state index in [9.17, 15) is 18.8 Å². The molecular weight excluding hydrogens is 467 g/mol. The van der Waals surface area contributed by atoms with Crippen molar-refractivity contribution in [3.63, 3.8) is 0 Å². The molecule has 2 amide bonds. The molecule has 10 nitrogen and oxygen atoms in total. The van der Waals surface area contributed by atoms with Gasteiger partial charge in [0.05, 0.1) is 24.8 Å². The van der Waals surface area contributed by atoms with Crippen LogP contribution in [0, 0.1) is 5.82 Å². The summed E-state index contributed by atoms with van der Waals surface area (Å²) in [6.45, 7) is 4.06.